The number of pyridine rings is 1. The highest BCUT2D eigenvalue weighted by molar-refractivity contribution is 6.05. The van der Waals surface area contributed by atoms with Crippen LogP contribution in [0.3, 0.4) is 0 Å². The van der Waals surface area contributed by atoms with Gasteiger partial charge in [-0.15, -0.1) is 0 Å². The van der Waals surface area contributed by atoms with Gasteiger partial charge in [-0.05, 0) is 52.5 Å². The van der Waals surface area contributed by atoms with Crippen molar-refractivity contribution in [3.05, 3.63) is 23.5 Å². The number of hydrogen-bond donors (Lipinski definition) is 1. The lowest BCUT2D eigenvalue weighted by Crippen LogP contribution is -2.29. The number of aryl methyl sites for hydroxylation is 1. The molecule has 2 aromatic rings. The van der Waals surface area contributed by atoms with Crippen LogP contribution in [-0.4, -0.2) is 39.9 Å². The smallest absolute Gasteiger partial charge is 0.252 e. The Labute approximate surface area is 142 Å². The van der Waals surface area contributed by atoms with Crippen LogP contribution in [0.4, 0.5) is 0 Å². The molecule has 1 aliphatic heterocycles. The maximum atomic E-state index is 12.6. The second kappa shape index (κ2) is 7.30. The molecule has 1 fully saturated rings. The number of fused-ring (bicyclic) bond motifs is 1. The lowest BCUT2D eigenvalue weighted by molar-refractivity contribution is 0.0117. The maximum absolute atomic E-state index is 12.6. The van der Waals surface area contributed by atoms with Crippen molar-refractivity contribution in [3.63, 3.8) is 0 Å². The molecule has 0 radical (unpaired) electrons. The largest absolute Gasteiger partial charge is 0.378 e. The summed E-state index contributed by atoms with van der Waals surface area (Å²) in [7, 11) is 0. The van der Waals surface area contributed by atoms with Gasteiger partial charge in [0.05, 0.1) is 23.3 Å². The molecule has 1 amide bonds. The normalized spacial score (nSPS) is 18.2. The van der Waals surface area contributed by atoms with E-state index in [2.05, 4.69) is 29.2 Å². The molecule has 0 aromatic carbocycles. The van der Waals surface area contributed by atoms with Crippen LogP contribution >= 0.6 is 0 Å². The molecule has 6 nitrogen and oxygen atoms in total. The van der Waals surface area contributed by atoms with Crippen LogP contribution in [0.2, 0.25) is 0 Å². The van der Waals surface area contributed by atoms with Crippen molar-refractivity contribution >= 4 is 16.9 Å². The third kappa shape index (κ3) is 3.59. The minimum absolute atomic E-state index is 0.0652. The van der Waals surface area contributed by atoms with E-state index in [1.807, 2.05) is 17.7 Å². The van der Waals surface area contributed by atoms with Crippen LogP contribution in [0.25, 0.3) is 11.0 Å². The minimum atomic E-state index is -0.0652. The Hall–Kier alpha value is -1.95. The molecule has 3 heterocycles. The van der Waals surface area contributed by atoms with Crippen LogP contribution in [0.15, 0.2) is 12.3 Å². The monoisotopic (exact) mass is 330 g/mol. The molecular formula is C18H26N4O2. The zero-order chi connectivity index (χ0) is 17.1. The average Bonchev–Trinajstić information content (AvgIpc) is 2.98. The third-order valence-corrected chi connectivity index (χ3v) is 4.45. The Morgan fingerprint density at radius 1 is 1.46 bits per heavy atom. The number of carbonyl (C=O) groups excluding carboxylic acids is 1. The zero-order valence-electron chi connectivity index (χ0n) is 14.7. The van der Waals surface area contributed by atoms with E-state index in [1.54, 1.807) is 6.20 Å². The van der Waals surface area contributed by atoms with Crippen molar-refractivity contribution in [2.24, 2.45) is 0 Å². The van der Waals surface area contributed by atoms with Crippen LogP contribution in [0.5, 0.6) is 0 Å². The van der Waals surface area contributed by atoms with Gasteiger partial charge in [-0.1, -0.05) is 0 Å². The highest BCUT2D eigenvalue weighted by atomic mass is 16.5. The number of nitrogens with one attached hydrogen (secondary N) is 1. The zero-order valence-corrected chi connectivity index (χ0v) is 14.7. The van der Waals surface area contributed by atoms with Crippen LogP contribution in [-0.2, 0) is 4.74 Å². The van der Waals surface area contributed by atoms with E-state index < -0.39 is 0 Å². The van der Waals surface area contributed by atoms with E-state index in [-0.39, 0.29) is 18.1 Å². The summed E-state index contributed by atoms with van der Waals surface area (Å²) >= 11 is 0. The number of aromatic nitrogens is 3. The lowest BCUT2D eigenvalue weighted by atomic mass is 10.1. The summed E-state index contributed by atoms with van der Waals surface area (Å²) in [6.07, 6.45) is 6.34. The SMILES string of the molecule is Cc1cc(C(=O)NCCC2CCCCO2)c2cnn(C(C)C)c2n1. The molecule has 0 aliphatic carbocycles. The molecule has 1 saturated heterocycles. The molecule has 130 valence electrons. The van der Waals surface area contributed by atoms with Crippen molar-refractivity contribution in [2.45, 2.75) is 58.6 Å². The quantitative estimate of drug-likeness (QED) is 0.915. The van der Waals surface area contributed by atoms with Gasteiger partial charge in [-0.2, -0.15) is 5.10 Å². The van der Waals surface area contributed by atoms with Gasteiger partial charge in [-0.3, -0.25) is 4.79 Å². The summed E-state index contributed by atoms with van der Waals surface area (Å²) in [5, 5.41) is 8.21. The molecule has 1 aliphatic rings. The van der Waals surface area contributed by atoms with E-state index in [0.29, 0.717) is 12.1 Å². The Morgan fingerprint density at radius 3 is 3.00 bits per heavy atom. The summed E-state index contributed by atoms with van der Waals surface area (Å²) in [5.74, 6) is -0.0652. The minimum Gasteiger partial charge on any atom is -0.378 e. The molecule has 2 aromatic heterocycles. The Morgan fingerprint density at radius 2 is 2.29 bits per heavy atom. The predicted octanol–water partition coefficient (Wildman–Crippen LogP) is 3.01. The van der Waals surface area contributed by atoms with E-state index in [0.717, 1.165) is 42.6 Å². The van der Waals surface area contributed by atoms with Gasteiger partial charge in [0.2, 0.25) is 0 Å². The lowest BCUT2D eigenvalue weighted by Gasteiger charge is -2.22. The first-order chi connectivity index (χ1) is 11.6. The fourth-order valence-electron chi connectivity index (χ4n) is 3.19. The van der Waals surface area contributed by atoms with Gasteiger partial charge in [-0.25, -0.2) is 9.67 Å². The topological polar surface area (TPSA) is 69.0 Å². The summed E-state index contributed by atoms with van der Waals surface area (Å²) in [5.41, 5.74) is 2.24. The molecule has 0 bridgehead atoms. The van der Waals surface area contributed by atoms with Crippen molar-refractivity contribution in [1.82, 2.24) is 20.1 Å². The first-order valence-corrected chi connectivity index (χ1v) is 8.81. The van der Waals surface area contributed by atoms with Crippen molar-refractivity contribution in [2.75, 3.05) is 13.2 Å². The maximum Gasteiger partial charge on any atom is 0.252 e. The first-order valence-electron chi connectivity index (χ1n) is 8.81. The molecular weight excluding hydrogens is 304 g/mol. The van der Waals surface area contributed by atoms with Crippen molar-refractivity contribution in [3.8, 4) is 0 Å². The Balaban J connectivity index is 1.72. The van der Waals surface area contributed by atoms with Crippen molar-refractivity contribution < 1.29 is 9.53 Å². The molecule has 3 rings (SSSR count). The van der Waals surface area contributed by atoms with Gasteiger partial charge in [0.15, 0.2) is 5.65 Å². The van der Waals surface area contributed by atoms with E-state index >= 15 is 0 Å². The highest BCUT2D eigenvalue weighted by Gasteiger charge is 2.18. The van der Waals surface area contributed by atoms with Crippen LogP contribution < -0.4 is 5.32 Å². The predicted molar refractivity (Wildman–Crippen MR) is 93.2 cm³/mol. The summed E-state index contributed by atoms with van der Waals surface area (Å²) < 4.78 is 7.57. The van der Waals surface area contributed by atoms with Gasteiger partial charge >= 0.3 is 0 Å². The highest BCUT2D eigenvalue weighted by Crippen LogP contribution is 2.21. The molecule has 0 spiro atoms. The summed E-state index contributed by atoms with van der Waals surface area (Å²) in [4.78, 5) is 17.2. The number of ether oxygens (including phenoxy) is 1. The van der Waals surface area contributed by atoms with E-state index in [9.17, 15) is 4.79 Å². The third-order valence-electron chi connectivity index (χ3n) is 4.45. The summed E-state index contributed by atoms with van der Waals surface area (Å²) in [6.45, 7) is 7.49. The number of carbonyl (C=O) groups is 1. The van der Waals surface area contributed by atoms with Gasteiger partial charge in [0, 0.05) is 24.9 Å². The standard InChI is InChI=1S/C18H26N4O2/c1-12(2)22-17-16(11-20-22)15(10-13(3)21-17)18(23)19-8-7-14-6-4-5-9-24-14/h10-12,14H,4-9H2,1-3H3,(H,19,23). The summed E-state index contributed by atoms with van der Waals surface area (Å²) in [6, 6.07) is 2.04. The molecule has 0 saturated carbocycles. The Bertz CT molecular complexity index is 717. The molecule has 1 atom stereocenters. The van der Waals surface area contributed by atoms with Crippen LogP contribution in [0, 0.1) is 6.92 Å². The van der Waals surface area contributed by atoms with Crippen LogP contribution in [0.1, 0.15) is 61.6 Å². The van der Waals surface area contributed by atoms with E-state index in [4.69, 9.17) is 4.74 Å². The first kappa shape index (κ1) is 16.9. The average molecular weight is 330 g/mol. The fourth-order valence-corrected chi connectivity index (χ4v) is 3.19. The second-order valence-corrected chi connectivity index (χ2v) is 6.76. The van der Waals surface area contributed by atoms with Gasteiger partial charge in [0.1, 0.15) is 0 Å². The number of rotatable bonds is 5. The fraction of sp³-hybridized carbons (Fsp3) is 0.611. The number of amides is 1. The number of hydrogen-bond acceptors (Lipinski definition) is 4. The molecule has 1 N–H and O–H groups in total. The van der Waals surface area contributed by atoms with Gasteiger partial charge in [0.25, 0.3) is 5.91 Å². The molecule has 24 heavy (non-hydrogen) atoms. The van der Waals surface area contributed by atoms with Gasteiger partial charge < -0.3 is 10.1 Å². The van der Waals surface area contributed by atoms with Crippen molar-refractivity contribution in [1.29, 1.82) is 0 Å². The molecule has 6 heteroatoms. The second-order valence-electron chi connectivity index (χ2n) is 6.76. The Kier molecular flexibility index (Phi) is 5.14. The number of nitrogens with zero attached hydrogens (tertiary/aromatic N) is 3. The van der Waals surface area contributed by atoms with E-state index in [1.165, 1.54) is 6.42 Å². The molecule has 1 unspecified atom stereocenters.